The SMILES string of the molecule is Cc1cnn(CC(=O)N2CCN(S(=O)(=O)c3ccc(C(=O)O)cc3)CC2)c1. The van der Waals surface area contributed by atoms with Crippen LogP contribution in [0.2, 0.25) is 0 Å². The number of carbonyl (C=O) groups excluding carboxylic acids is 1. The van der Waals surface area contributed by atoms with Crippen LogP contribution in [0.15, 0.2) is 41.6 Å². The Bertz CT molecular complexity index is 944. The summed E-state index contributed by atoms with van der Waals surface area (Å²) in [5.41, 5.74) is 0.992. The Morgan fingerprint density at radius 1 is 1.11 bits per heavy atom. The van der Waals surface area contributed by atoms with Gasteiger partial charge in [-0.05, 0) is 36.8 Å². The van der Waals surface area contributed by atoms with Crippen LogP contribution < -0.4 is 0 Å². The Labute approximate surface area is 156 Å². The molecule has 0 unspecified atom stereocenters. The van der Waals surface area contributed by atoms with Crippen molar-refractivity contribution < 1.29 is 23.1 Å². The number of hydrogen-bond donors (Lipinski definition) is 1. The van der Waals surface area contributed by atoms with Crippen molar-refractivity contribution in [3.8, 4) is 0 Å². The quantitative estimate of drug-likeness (QED) is 0.789. The lowest BCUT2D eigenvalue weighted by molar-refractivity contribution is -0.133. The molecule has 1 aromatic carbocycles. The molecular formula is C17H20N4O5S. The van der Waals surface area contributed by atoms with Crippen molar-refractivity contribution in [3.63, 3.8) is 0 Å². The van der Waals surface area contributed by atoms with Gasteiger partial charge in [0.1, 0.15) is 6.54 Å². The maximum absolute atomic E-state index is 12.7. The van der Waals surface area contributed by atoms with Crippen molar-refractivity contribution >= 4 is 21.9 Å². The van der Waals surface area contributed by atoms with Gasteiger partial charge in [-0.25, -0.2) is 13.2 Å². The molecule has 27 heavy (non-hydrogen) atoms. The number of hydrogen-bond acceptors (Lipinski definition) is 5. The first kappa shape index (κ1) is 19.1. The number of rotatable bonds is 5. The fraction of sp³-hybridized carbons (Fsp3) is 0.353. The molecule has 1 aromatic heterocycles. The molecule has 1 aliphatic rings. The first-order valence-corrected chi connectivity index (χ1v) is 9.82. The zero-order valence-electron chi connectivity index (χ0n) is 14.8. The molecule has 144 valence electrons. The molecule has 0 radical (unpaired) electrons. The minimum absolute atomic E-state index is 0.0261. The van der Waals surface area contributed by atoms with Crippen molar-refractivity contribution in [2.45, 2.75) is 18.4 Å². The summed E-state index contributed by atoms with van der Waals surface area (Å²) < 4.78 is 28.3. The van der Waals surface area contributed by atoms with Crippen LogP contribution in [-0.2, 0) is 21.4 Å². The normalized spacial score (nSPS) is 15.7. The Hall–Kier alpha value is -2.72. The third-order valence-electron chi connectivity index (χ3n) is 4.39. The Morgan fingerprint density at radius 3 is 2.26 bits per heavy atom. The van der Waals surface area contributed by atoms with Crippen LogP contribution in [0.25, 0.3) is 0 Å². The van der Waals surface area contributed by atoms with E-state index in [1.807, 2.05) is 6.92 Å². The average Bonchev–Trinajstić information content (AvgIpc) is 3.06. The van der Waals surface area contributed by atoms with Crippen LogP contribution in [0.1, 0.15) is 15.9 Å². The van der Waals surface area contributed by atoms with E-state index in [0.717, 1.165) is 5.56 Å². The number of aromatic carboxylic acids is 1. The van der Waals surface area contributed by atoms with E-state index in [1.54, 1.807) is 22.0 Å². The van der Waals surface area contributed by atoms with Crippen LogP contribution in [-0.4, -0.2) is 70.6 Å². The van der Waals surface area contributed by atoms with Gasteiger partial charge in [0.2, 0.25) is 15.9 Å². The summed E-state index contributed by atoms with van der Waals surface area (Å²) in [6.45, 7) is 2.98. The molecule has 0 aliphatic carbocycles. The smallest absolute Gasteiger partial charge is 0.335 e. The van der Waals surface area contributed by atoms with Crippen molar-refractivity contribution in [3.05, 3.63) is 47.8 Å². The first-order chi connectivity index (χ1) is 12.8. The molecule has 1 amide bonds. The predicted octanol–water partition coefficient (Wildman–Crippen LogP) is 0.423. The molecule has 0 saturated carbocycles. The molecule has 9 nitrogen and oxygen atoms in total. The third-order valence-corrected chi connectivity index (χ3v) is 6.30. The number of carboxylic acid groups (broad SMARTS) is 1. The summed E-state index contributed by atoms with van der Waals surface area (Å²) in [6, 6.07) is 5.11. The van der Waals surface area contributed by atoms with Gasteiger partial charge in [0, 0.05) is 32.4 Å². The number of aromatic nitrogens is 2. The molecule has 0 atom stereocenters. The molecule has 1 saturated heterocycles. The van der Waals surface area contributed by atoms with E-state index in [9.17, 15) is 18.0 Å². The molecule has 2 heterocycles. The molecular weight excluding hydrogens is 372 g/mol. The lowest BCUT2D eigenvalue weighted by Crippen LogP contribution is -2.51. The molecule has 1 aliphatic heterocycles. The summed E-state index contributed by atoms with van der Waals surface area (Å²) in [7, 11) is -3.72. The fourth-order valence-electron chi connectivity index (χ4n) is 2.89. The van der Waals surface area contributed by atoms with E-state index in [1.165, 1.54) is 28.6 Å². The highest BCUT2D eigenvalue weighted by atomic mass is 32.2. The van der Waals surface area contributed by atoms with E-state index in [4.69, 9.17) is 5.11 Å². The number of nitrogens with zero attached hydrogens (tertiary/aromatic N) is 4. The van der Waals surface area contributed by atoms with Crippen LogP contribution >= 0.6 is 0 Å². The lowest BCUT2D eigenvalue weighted by atomic mass is 10.2. The molecule has 10 heteroatoms. The minimum Gasteiger partial charge on any atom is -0.478 e. The van der Waals surface area contributed by atoms with Gasteiger partial charge in [-0.15, -0.1) is 0 Å². The highest BCUT2D eigenvalue weighted by molar-refractivity contribution is 7.89. The summed E-state index contributed by atoms with van der Waals surface area (Å²) >= 11 is 0. The van der Waals surface area contributed by atoms with Crippen molar-refractivity contribution in [2.24, 2.45) is 0 Å². The number of sulfonamides is 1. The van der Waals surface area contributed by atoms with Gasteiger partial charge in [0.15, 0.2) is 0 Å². The largest absolute Gasteiger partial charge is 0.478 e. The summed E-state index contributed by atoms with van der Waals surface area (Å²) in [6.07, 6.45) is 3.45. The van der Waals surface area contributed by atoms with Crippen molar-refractivity contribution in [1.29, 1.82) is 0 Å². The number of aryl methyl sites for hydroxylation is 1. The third kappa shape index (κ3) is 4.17. The zero-order chi connectivity index (χ0) is 19.6. The number of carboxylic acids is 1. The van der Waals surface area contributed by atoms with Crippen LogP contribution in [0.4, 0.5) is 0 Å². The molecule has 1 fully saturated rings. The van der Waals surface area contributed by atoms with Gasteiger partial charge < -0.3 is 10.0 Å². The van der Waals surface area contributed by atoms with Gasteiger partial charge in [0.05, 0.1) is 16.7 Å². The van der Waals surface area contributed by atoms with E-state index in [2.05, 4.69) is 5.10 Å². The van der Waals surface area contributed by atoms with Crippen LogP contribution in [0, 0.1) is 6.92 Å². The molecule has 3 rings (SSSR count). The van der Waals surface area contributed by atoms with E-state index < -0.39 is 16.0 Å². The molecule has 0 bridgehead atoms. The molecule has 2 aromatic rings. The maximum Gasteiger partial charge on any atom is 0.335 e. The predicted molar refractivity (Wildman–Crippen MR) is 95.7 cm³/mol. The number of carbonyl (C=O) groups is 2. The lowest BCUT2D eigenvalue weighted by Gasteiger charge is -2.34. The second-order valence-corrected chi connectivity index (χ2v) is 8.27. The monoisotopic (exact) mass is 392 g/mol. The van der Waals surface area contributed by atoms with Gasteiger partial charge in [0.25, 0.3) is 0 Å². The van der Waals surface area contributed by atoms with Crippen LogP contribution in [0.3, 0.4) is 0 Å². The van der Waals surface area contributed by atoms with E-state index >= 15 is 0 Å². The second kappa shape index (κ2) is 7.49. The average molecular weight is 392 g/mol. The standard InChI is InChI=1S/C17H20N4O5S/c1-13-10-18-20(11-13)12-16(22)19-6-8-21(9-7-19)27(25,26)15-4-2-14(3-5-15)17(23)24/h2-5,10-11H,6-9,12H2,1H3,(H,23,24). The van der Waals surface area contributed by atoms with Gasteiger partial charge in [-0.3, -0.25) is 9.48 Å². The molecule has 0 spiro atoms. The summed E-state index contributed by atoms with van der Waals surface area (Å²) in [5, 5.41) is 13.0. The Balaban J connectivity index is 1.62. The van der Waals surface area contributed by atoms with Crippen LogP contribution in [0.5, 0.6) is 0 Å². The summed E-state index contributed by atoms with van der Waals surface area (Å²) in [5.74, 6) is -1.22. The van der Waals surface area contributed by atoms with Gasteiger partial charge >= 0.3 is 5.97 Å². The number of amides is 1. The topological polar surface area (TPSA) is 113 Å². The zero-order valence-corrected chi connectivity index (χ0v) is 15.6. The van der Waals surface area contributed by atoms with E-state index in [0.29, 0.717) is 13.1 Å². The fourth-order valence-corrected chi connectivity index (χ4v) is 4.31. The second-order valence-electron chi connectivity index (χ2n) is 6.33. The van der Waals surface area contributed by atoms with Crippen molar-refractivity contribution in [1.82, 2.24) is 19.0 Å². The highest BCUT2D eigenvalue weighted by Crippen LogP contribution is 2.18. The van der Waals surface area contributed by atoms with E-state index in [-0.39, 0.29) is 36.0 Å². The highest BCUT2D eigenvalue weighted by Gasteiger charge is 2.30. The molecule has 1 N–H and O–H groups in total. The number of piperazine rings is 1. The Kier molecular flexibility index (Phi) is 5.29. The Morgan fingerprint density at radius 2 is 1.74 bits per heavy atom. The minimum atomic E-state index is -3.72. The summed E-state index contributed by atoms with van der Waals surface area (Å²) in [4.78, 5) is 24.9. The first-order valence-electron chi connectivity index (χ1n) is 8.38. The van der Waals surface area contributed by atoms with Gasteiger partial charge in [-0.2, -0.15) is 9.40 Å². The van der Waals surface area contributed by atoms with Crippen molar-refractivity contribution in [2.75, 3.05) is 26.2 Å². The maximum atomic E-state index is 12.7. The number of benzene rings is 1. The van der Waals surface area contributed by atoms with Gasteiger partial charge in [-0.1, -0.05) is 0 Å².